The summed E-state index contributed by atoms with van der Waals surface area (Å²) in [5.74, 6) is -1.40. The highest BCUT2D eigenvalue weighted by Crippen LogP contribution is 2.13. The van der Waals surface area contributed by atoms with Gasteiger partial charge in [0.1, 0.15) is 12.6 Å². The number of aliphatic carboxylic acids is 1. The summed E-state index contributed by atoms with van der Waals surface area (Å²) in [5.41, 5.74) is 6.00. The number of ether oxygens (including phenoxy) is 1. The normalized spacial score (nSPS) is 11.5. The molecule has 4 N–H and O–H groups in total. The Hall–Kier alpha value is -2.61. The highest BCUT2D eigenvalue weighted by Gasteiger charge is 2.35. The molecule has 0 saturated carbocycles. The molecule has 0 saturated heterocycles. The molecule has 0 bridgehead atoms. The number of hydrogen-bond donors (Lipinski definition) is 3. The van der Waals surface area contributed by atoms with Crippen LogP contribution in [0.4, 0.5) is 9.59 Å². The summed E-state index contributed by atoms with van der Waals surface area (Å²) in [6, 6.07) is 7.17. The van der Waals surface area contributed by atoms with Crippen LogP contribution < -0.4 is 5.73 Å². The average Bonchev–Trinajstić information content (AvgIpc) is 2.52. The number of nitrogens with zero attached hydrogens (tertiary/aromatic N) is 1. The first-order valence-electron chi connectivity index (χ1n) is 7.13. The predicted molar refractivity (Wildman–Crippen MR) is 80.8 cm³/mol. The smallest absolute Gasteiger partial charge is 0.420 e. The molecule has 1 rings (SSSR count). The minimum absolute atomic E-state index is 0.0146. The number of carbonyl (C=O) groups is 3. The lowest BCUT2D eigenvalue weighted by Crippen LogP contribution is -2.48. The molecule has 8 heteroatoms. The van der Waals surface area contributed by atoms with Gasteiger partial charge in [0, 0.05) is 0 Å². The summed E-state index contributed by atoms with van der Waals surface area (Å²) in [4.78, 5) is 34.7. The number of carbonyl (C=O) groups excluding carboxylic acids is 1. The molecule has 0 radical (unpaired) electrons. The first-order valence-corrected chi connectivity index (χ1v) is 7.13. The fourth-order valence-electron chi connectivity index (χ4n) is 1.97. The van der Waals surface area contributed by atoms with Gasteiger partial charge in [0.15, 0.2) is 0 Å². The van der Waals surface area contributed by atoms with E-state index in [1.165, 1.54) is 0 Å². The van der Waals surface area contributed by atoms with Crippen LogP contribution in [-0.4, -0.2) is 45.9 Å². The molecule has 0 aliphatic heterocycles. The van der Waals surface area contributed by atoms with E-state index in [2.05, 4.69) is 0 Å². The lowest BCUT2D eigenvalue weighted by Gasteiger charge is -2.23. The summed E-state index contributed by atoms with van der Waals surface area (Å²) in [7, 11) is 0. The van der Waals surface area contributed by atoms with E-state index in [1.807, 2.05) is 0 Å². The molecule has 0 unspecified atom stereocenters. The third-order valence-corrected chi connectivity index (χ3v) is 3.14. The van der Waals surface area contributed by atoms with Gasteiger partial charge in [0.25, 0.3) is 0 Å². The van der Waals surface area contributed by atoms with Gasteiger partial charge in [-0.3, -0.25) is 0 Å². The largest absolute Gasteiger partial charge is 0.480 e. The maximum atomic E-state index is 12.0. The van der Waals surface area contributed by atoms with Gasteiger partial charge in [-0.25, -0.2) is 14.4 Å². The van der Waals surface area contributed by atoms with E-state index in [1.54, 1.807) is 30.3 Å². The number of rotatable bonds is 8. The SMILES string of the molecule is NCCCC[C@@H](C(=O)O)N(C(=O)O)C(=O)OCc1ccccc1. The zero-order chi connectivity index (χ0) is 17.2. The second kappa shape index (κ2) is 9.42. The van der Waals surface area contributed by atoms with Crippen molar-refractivity contribution in [3.05, 3.63) is 35.9 Å². The Kier molecular flexibility index (Phi) is 7.55. The van der Waals surface area contributed by atoms with Gasteiger partial charge < -0.3 is 20.7 Å². The van der Waals surface area contributed by atoms with Crippen molar-refractivity contribution >= 4 is 18.2 Å². The quantitative estimate of drug-likeness (QED) is 0.622. The Morgan fingerprint density at radius 1 is 1.13 bits per heavy atom. The fraction of sp³-hybridized carbons (Fsp3) is 0.400. The number of unbranched alkanes of at least 4 members (excludes halogenated alkanes) is 1. The molecule has 0 heterocycles. The maximum Gasteiger partial charge on any atom is 0.420 e. The van der Waals surface area contributed by atoms with E-state index >= 15 is 0 Å². The standard InChI is InChI=1S/C15H20N2O6/c16-9-5-4-8-12(13(18)19)17(14(20)21)15(22)23-10-11-6-2-1-3-7-11/h1-3,6-7,12H,4-5,8-10,16H2,(H,18,19)(H,20,21)/t12-/m0/s1. The molecule has 1 atom stereocenters. The van der Waals surface area contributed by atoms with E-state index in [-0.39, 0.29) is 17.9 Å². The summed E-state index contributed by atoms with van der Waals surface area (Å²) < 4.78 is 4.91. The number of carboxylic acid groups (broad SMARTS) is 2. The Balaban J connectivity index is 2.75. The predicted octanol–water partition coefficient (Wildman–Crippen LogP) is 1.89. The lowest BCUT2D eigenvalue weighted by molar-refractivity contribution is -0.142. The number of amides is 2. The van der Waals surface area contributed by atoms with Crippen molar-refractivity contribution in [2.45, 2.75) is 31.9 Å². The molecular formula is C15H20N2O6. The molecule has 126 valence electrons. The number of benzene rings is 1. The highest BCUT2D eigenvalue weighted by molar-refractivity contribution is 5.92. The summed E-state index contributed by atoms with van der Waals surface area (Å²) in [6.45, 7) is 0.219. The van der Waals surface area contributed by atoms with Gasteiger partial charge in [0.05, 0.1) is 0 Å². The topological polar surface area (TPSA) is 130 Å². The minimum Gasteiger partial charge on any atom is -0.480 e. The van der Waals surface area contributed by atoms with Gasteiger partial charge in [-0.1, -0.05) is 30.3 Å². The highest BCUT2D eigenvalue weighted by atomic mass is 16.6. The Morgan fingerprint density at radius 2 is 1.78 bits per heavy atom. The van der Waals surface area contributed by atoms with Crippen LogP contribution >= 0.6 is 0 Å². The molecule has 2 amide bonds. The molecular weight excluding hydrogens is 304 g/mol. The first-order chi connectivity index (χ1) is 11.0. The van der Waals surface area contributed by atoms with Gasteiger partial charge in [0.2, 0.25) is 0 Å². The molecule has 0 aromatic heterocycles. The molecule has 1 aromatic rings. The van der Waals surface area contributed by atoms with Gasteiger partial charge in [-0.2, -0.15) is 4.90 Å². The monoisotopic (exact) mass is 324 g/mol. The molecule has 0 fully saturated rings. The number of nitrogens with two attached hydrogens (primary N) is 1. The van der Waals surface area contributed by atoms with E-state index in [0.29, 0.717) is 24.9 Å². The van der Waals surface area contributed by atoms with Crippen molar-refractivity contribution < 1.29 is 29.3 Å². The zero-order valence-electron chi connectivity index (χ0n) is 12.6. The van der Waals surface area contributed by atoms with Crippen LogP contribution in [-0.2, 0) is 16.1 Å². The van der Waals surface area contributed by atoms with Gasteiger partial charge >= 0.3 is 18.2 Å². The Bertz CT molecular complexity index is 534. The zero-order valence-corrected chi connectivity index (χ0v) is 12.6. The van der Waals surface area contributed by atoms with Crippen molar-refractivity contribution in [2.24, 2.45) is 5.73 Å². The van der Waals surface area contributed by atoms with Crippen molar-refractivity contribution in [3.8, 4) is 0 Å². The van der Waals surface area contributed by atoms with Gasteiger partial charge in [-0.15, -0.1) is 0 Å². The third kappa shape index (κ3) is 5.95. The van der Waals surface area contributed by atoms with Crippen molar-refractivity contribution in [1.82, 2.24) is 4.90 Å². The van der Waals surface area contributed by atoms with Crippen molar-refractivity contribution in [3.63, 3.8) is 0 Å². The third-order valence-electron chi connectivity index (χ3n) is 3.14. The fourth-order valence-corrected chi connectivity index (χ4v) is 1.97. The molecule has 0 spiro atoms. The minimum atomic E-state index is -1.66. The van der Waals surface area contributed by atoms with Crippen LogP contribution in [0.15, 0.2) is 30.3 Å². The molecule has 0 aliphatic carbocycles. The van der Waals surface area contributed by atoms with Crippen LogP contribution in [0.2, 0.25) is 0 Å². The second-order valence-electron chi connectivity index (χ2n) is 4.83. The number of imide groups is 1. The Labute approximate surface area is 133 Å². The van der Waals surface area contributed by atoms with Crippen molar-refractivity contribution in [2.75, 3.05) is 6.54 Å². The molecule has 0 aliphatic rings. The van der Waals surface area contributed by atoms with Crippen LogP contribution in [0.3, 0.4) is 0 Å². The van der Waals surface area contributed by atoms with Crippen LogP contribution in [0.25, 0.3) is 0 Å². The van der Waals surface area contributed by atoms with E-state index in [4.69, 9.17) is 15.6 Å². The first kappa shape index (κ1) is 18.4. The van der Waals surface area contributed by atoms with Gasteiger partial charge in [-0.05, 0) is 31.4 Å². The average molecular weight is 324 g/mol. The Morgan fingerprint density at radius 3 is 2.30 bits per heavy atom. The summed E-state index contributed by atoms with van der Waals surface area (Å²) in [5, 5.41) is 18.3. The molecule has 23 heavy (non-hydrogen) atoms. The van der Waals surface area contributed by atoms with Crippen LogP contribution in [0.1, 0.15) is 24.8 Å². The molecule has 1 aromatic carbocycles. The molecule has 8 nitrogen and oxygen atoms in total. The van der Waals surface area contributed by atoms with E-state index < -0.39 is 24.2 Å². The number of hydrogen-bond acceptors (Lipinski definition) is 5. The van der Waals surface area contributed by atoms with E-state index in [9.17, 15) is 19.5 Å². The van der Waals surface area contributed by atoms with Crippen LogP contribution in [0.5, 0.6) is 0 Å². The number of carboxylic acids is 1. The summed E-state index contributed by atoms with van der Waals surface area (Å²) >= 11 is 0. The van der Waals surface area contributed by atoms with Crippen LogP contribution in [0, 0.1) is 0 Å². The second-order valence-corrected chi connectivity index (χ2v) is 4.83. The summed E-state index contributed by atoms with van der Waals surface area (Å²) in [6.07, 6.45) is -1.96. The maximum absolute atomic E-state index is 12.0. The van der Waals surface area contributed by atoms with E-state index in [0.717, 1.165) is 0 Å². The van der Waals surface area contributed by atoms with Crippen molar-refractivity contribution in [1.29, 1.82) is 0 Å². The lowest BCUT2D eigenvalue weighted by atomic mass is 10.1.